The summed E-state index contributed by atoms with van der Waals surface area (Å²) in [6.45, 7) is 5.56. The molecule has 17 heavy (non-hydrogen) atoms. The summed E-state index contributed by atoms with van der Waals surface area (Å²) in [7, 11) is 2.12. The Morgan fingerprint density at radius 1 is 1.24 bits per heavy atom. The van der Waals surface area contributed by atoms with Gasteiger partial charge in [0.2, 0.25) is 0 Å². The summed E-state index contributed by atoms with van der Waals surface area (Å²) in [6, 6.07) is 6.50. The maximum absolute atomic E-state index is 4.76. The molecule has 0 amide bonds. The van der Waals surface area contributed by atoms with E-state index in [0.717, 1.165) is 12.1 Å². The number of aryl methyl sites for hydroxylation is 2. The van der Waals surface area contributed by atoms with Crippen LogP contribution >= 0.6 is 0 Å². The van der Waals surface area contributed by atoms with Crippen molar-refractivity contribution in [3.05, 3.63) is 29.6 Å². The van der Waals surface area contributed by atoms with Gasteiger partial charge in [0, 0.05) is 7.05 Å². The number of fused-ring (bicyclic) bond motifs is 1. The Morgan fingerprint density at radius 2 is 2.00 bits per heavy atom. The molecule has 3 rings (SSSR count). The fraction of sp³-hybridized carbons (Fsp3) is 0.500. The number of nitrogens with zero attached hydrogens (tertiary/aromatic N) is 3. The summed E-state index contributed by atoms with van der Waals surface area (Å²) >= 11 is 0. The van der Waals surface area contributed by atoms with Crippen molar-refractivity contribution in [2.24, 2.45) is 7.05 Å². The summed E-state index contributed by atoms with van der Waals surface area (Å²) in [5, 5.41) is 0. The molecule has 1 aromatic heterocycles. The van der Waals surface area contributed by atoms with Gasteiger partial charge in [-0.05, 0) is 50.6 Å². The van der Waals surface area contributed by atoms with Gasteiger partial charge in [-0.3, -0.25) is 4.90 Å². The number of likely N-dealkylation sites (tertiary alicyclic amines) is 1. The number of aromatic nitrogens is 2. The van der Waals surface area contributed by atoms with Crippen molar-refractivity contribution in [3.63, 3.8) is 0 Å². The standard InChI is InChI=1S/C14H19N3/c1-11-5-6-13-12(9-11)15-14(16(13)2)10-17-7-3-4-8-17/h5-6,9H,3-4,7-8,10H2,1-2H3. The van der Waals surface area contributed by atoms with Gasteiger partial charge in [0.1, 0.15) is 5.82 Å². The van der Waals surface area contributed by atoms with Gasteiger partial charge in [0.05, 0.1) is 17.6 Å². The van der Waals surface area contributed by atoms with E-state index in [0.29, 0.717) is 0 Å². The van der Waals surface area contributed by atoms with Gasteiger partial charge in [-0.15, -0.1) is 0 Å². The van der Waals surface area contributed by atoms with Crippen molar-refractivity contribution in [1.29, 1.82) is 0 Å². The predicted octanol–water partition coefficient (Wildman–Crippen LogP) is 2.48. The lowest BCUT2D eigenvalue weighted by molar-refractivity contribution is 0.319. The summed E-state index contributed by atoms with van der Waals surface area (Å²) in [6.07, 6.45) is 2.67. The number of benzene rings is 1. The lowest BCUT2D eigenvalue weighted by Gasteiger charge is -2.13. The zero-order valence-electron chi connectivity index (χ0n) is 10.6. The second-order valence-corrected chi connectivity index (χ2v) is 5.06. The minimum Gasteiger partial charge on any atom is -0.330 e. The van der Waals surface area contributed by atoms with Crippen molar-refractivity contribution >= 4 is 11.0 Å². The Hall–Kier alpha value is -1.35. The maximum atomic E-state index is 4.76. The molecule has 0 bridgehead atoms. The fourth-order valence-corrected chi connectivity index (χ4v) is 2.64. The van der Waals surface area contributed by atoms with Gasteiger partial charge >= 0.3 is 0 Å². The molecular weight excluding hydrogens is 210 g/mol. The first-order valence-electron chi connectivity index (χ1n) is 6.38. The van der Waals surface area contributed by atoms with Crippen LogP contribution in [0.3, 0.4) is 0 Å². The van der Waals surface area contributed by atoms with Crippen LogP contribution in [0.5, 0.6) is 0 Å². The third-order valence-corrected chi connectivity index (χ3v) is 3.69. The van der Waals surface area contributed by atoms with E-state index in [-0.39, 0.29) is 0 Å². The molecule has 2 aromatic rings. The van der Waals surface area contributed by atoms with Crippen LogP contribution in [0.4, 0.5) is 0 Å². The normalized spacial score (nSPS) is 17.1. The molecule has 0 unspecified atom stereocenters. The minimum absolute atomic E-state index is 0.990. The number of hydrogen-bond acceptors (Lipinski definition) is 2. The third kappa shape index (κ3) is 1.95. The highest BCUT2D eigenvalue weighted by Gasteiger charge is 2.15. The molecule has 0 spiro atoms. The molecule has 0 aliphatic carbocycles. The summed E-state index contributed by atoms with van der Waals surface area (Å²) in [5.41, 5.74) is 3.65. The molecule has 0 N–H and O–H groups in total. The molecule has 1 saturated heterocycles. The van der Waals surface area contributed by atoms with Crippen LogP contribution in [0.1, 0.15) is 24.2 Å². The first-order valence-corrected chi connectivity index (χ1v) is 6.38. The first-order chi connectivity index (χ1) is 8.24. The van der Waals surface area contributed by atoms with Crippen molar-refractivity contribution in [2.45, 2.75) is 26.3 Å². The van der Waals surface area contributed by atoms with Gasteiger partial charge in [-0.1, -0.05) is 6.07 Å². The lowest BCUT2D eigenvalue weighted by Crippen LogP contribution is -2.20. The lowest BCUT2D eigenvalue weighted by atomic mass is 10.2. The van der Waals surface area contributed by atoms with E-state index >= 15 is 0 Å². The number of hydrogen-bond donors (Lipinski definition) is 0. The second-order valence-electron chi connectivity index (χ2n) is 5.06. The van der Waals surface area contributed by atoms with E-state index < -0.39 is 0 Å². The van der Waals surface area contributed by atoms with Gasteiger partial charge in [0.15, 0.2) is 0 Å². The van der Waals surface area contributed by atoms with Crippen LogP contribution < -0.4 is 0 Å². The van der Waals surface area contributed by atoms with Crippen molar-refractivity contribution in [3.8, 4) is 0 Å². The maximum Gasteiger partial charge on any atom is 0.123 e. The molecule has 0 saturated carbocycles. The zero-order valence-corrected chi connectivity index (χ0v) is 10.6. The molecule has 2 heterocycles. The van der Waals surface area contributed by atoms with Crippen LogP contribution in [-0.2, 0) is 13.6 Å². The van der Waals surface area contributed by atoms with E-state index in [2.05, 4.69) is 41.6 Å². The molecule has 0 atom stereocenters. The van der Waals surface area contributed by atoms with Gasteiger partial charge in [-0.25, -0.2) is 4.98 Å². The molecule has 3 heteroatoms. The van der Waals surface area contributed by atoms with E-state index in [1.54, 1.807) is 0 Å². The minimum atomic E-state index is 0.990. The number of imidazole rings is 1. The Bertz CT molecular complexity index is 536. The first kappa shape index (κ1) is 10.8. The third-order valence-electron chi connectivity index (χ3n) is 3.69. The van der Waals surface area contributed by atoms with Crippen molar-refractivity contribution in [2.75, 3.05) is 13.1 Å². The Kier molecular flexibility index (Phi) is 2.63. The molecule has 1 aliphatic rings. The van der Waals surface area contributed by atoms with Crippen LogP contribution in [-0.4, -0.2) is 27.5 Å². The van der Waals surface area contributed by atoms with Crippen LogP contribution in [0.25, 0.3) is 11.0 Å². The molecular formula is C14H19N3. The molecule has 1 aliphatic heterocycles. The Balaban J connectivity index is 1.96. The summed E-state index contributed by atoms with van der Waals surface area (Å²) in [4.78, 5) is 7.25. The number of rotatable bonds is 2. The monoisotopic (exact) mass is 229 g/mol. The molecule has 90 valence electrons. The van der Waals surface area contributed by atoms with E-state index in [1.807, 2.05) is 0 Å². The highest BCUT2D eigenvalue weighted by Crippen LogP contribution is 2.19. The fourth-order valence-electron chi connectivity index (χ4n) is 2.64. The van der Waals surface area contributed by atoms with Gasteiger partial charge < -0.3 is 4.57 Å². The predicted molar refractivity (Wildman–Crippen MR) is 70.0 cm³/mol. The largest absolute Gasteiger partial charge is 0.330 e. The SMILES string of the molecule is Cc1ccc2c(c1)nc(CN1CCCC1)n2C. The zero-order chi connectivity index (χ0) is 11.8. The van der Waals surface area contributed by atoms with Gasteiger partial charge in [-0.2, -0.15) is 0 Å². The molecule has 1 aromatic carbocycles. The Labute approximate surface area is 102 Å². The quantitative estimate of drug-likeness (QED) is 0.789. The van der Waals surface area contributed by atoms with Crippen LogP contribution in [0, 0.1) is 6.92 Å². The smallest absolute Gasteiger partial charge is 0.123 e. The van der Waals surface area contributed by atoms with Gasteiger partial charge in [0.25, 0.3) is 0 Å². The van der Waals surface area contributed by atoms with E-state index in [9.17, 15) is 0 Å². The Morgan fingerprint density at radius 3 is 2.76 bits per heavy atom. The molecule has 0 radical (unpaired) electrons. The van der Waals surface area contributed by atoms with Crippen LogP contribution in [0.2, 0.25) is 0 Å². The van der Waals surface area contributed by atoms with E-state index in [4.69, 9.17) is 4.98 Å². The summed E-state index contributed by atoms with van der Waals surface area (Å²) < 4.78 is 2.23. The average molecular weight is 229 g/mol. The average Bonchev–Trinajstić information content (AvgIpc) is 2.89. The highest BCUT2D eigenvalue weighted by atomic mass is 15.2. The van der Waals surface area contributed by atoms with Crippen molar-refractivity contribution < 1.29 is 0 Å². The topological polar surface area (TPSA) is 21.1 Å². The van der Waals surface area contributed by atoms with E-state index in [1.165, 1.54) is 42.8 Å². The second kappa shape index (κ2) is 4.15. The molecule has 3 nitrogen and oxygen atoms in total. The van der Waals surface area contributed by atoms with Crippen LogP contribution in [0.15, 0.2) is 18.2 Å². The molecule has 1 fully saturated rings. The van der Waals surface area contributed by atoms with Crippen molar-refractivity contribution in [1.82, 2.24) is 14.5 Å². The highest BCUT2D eigenvalue weighted by molar-refractivity contribution is 5.76. The summed E-state index contributed by atoms with van der Waals surface area (Å²) in [5.74, 6) is 1.19.